The Kier molecular flexibility index (Phi) is 5.88. The van der Waals surface area contributed by atoms with E-state index in [9.17, 15) is 8.78 Å². The number of anilines is 1. The number of hydrogen-bond donors (Lipinski definition) is 2. The van der Waals surface area contributed by atoms with Gasteiger partial charge < -0.3 is 20.1 Å². The van der Waals surface area contributed by atoms with Gasteiger partial charge in [0, 0.05) is 37.7 Å². The Morgan fingerprint density at radius 3 is 2.81 bits per heavy atom. The minimum Gasteiger partial charge on any atom is -0.489 e. The molecule has 1 aliphatic carbocycles. The van der Waals surface area contributed by atoms with Gasteiger partial charge in [0.2, 0.25) is 0 Å². The van der Waals surface area contributed by atoms with E-state index < -0.39 is 11.6 Å². The first-order valence-electron chi connectivity index (χ1n) is 11.0. The molecular formula is C22H26F2N6O2. The Morgan fingerprint density at radius 2 is 2.06 bits per heavy atom. The van der Waals surface area contributed by atoms with Crippen LogP contribution in [-0.2, 0) is 4.74 Å². The summed E-state index contributed by atoms with van der Waals surface area (Å²) in [5, 5.41) is 11.1. The molecule has 0 radical (unpaired) electrons. The minimum atomic E-state index is -0.758. The van der Waals surface area contributed by atoms with Crippen molar-refractivity contribution in [3.05, 3.63) is 35.7 Å². The normalized spacial score (nSPS) is 18.8. The highest BCUT2D eigenvalue weighted by atomic mass is 19.1. The SMILES string of the molecule is COCCOc1cc2ncc(-c3nc(NC4CCCNC4)c(F)cc3F)n2nc1C1CC1. The standard InChI is InChI=1S/C22H26F2N6O2/c1-31-7-8-32-18-10-19-26-12-17(30(19)29-20(18)13-4-5-13)21-15(23)9-16(24)22(28-21)27-14-3-2-6-25-11-14/h9-10,12-14,25H,2-8,11H2,1H3,(H,27,28). The van der Waals surface area contributed by atoms with Gasteiger partial charge in [-0.3, -0.25) is 0 Å². The van der Waals surface area contributed by atoms with Crippen molar-refractivity contribution in [1.29, 1.82) is 0 Å². The first-order valence-corrected chi connectivity index (χ1v) is 11.0. The predicted octanol–water partition coefficient (Wildman–Crippen LogP) is 3.14. The Morgan fingerprint density at radius 1 is 1.19 bits per heavy atom. The van der Waals surface area contributed by atoms with E-state index in [1.807, 2.05) is 0 Å². The lowest BCUT2D eigenvalue weighted by Gasteiger charge is -2.24. The van der Waals surface area contributed by atoms with E-state index in [4.69, 9.17) is 14.6 Å². The van der Waals surface area contributed by atoms with Crippen molar-refractivity contribution in [2.75, 3.05) is 38.7 Å². The number of methoxy groups -OCH3 is 1. The zero-order valence-corrected chi connectivity index (χ0v) is 17.9. The molecule has 1 unspecified atom stereocenters. The van der Waals surface area contributed by atoms with Crippen LogP contribution in [0.15, 0.2) is 18.3 Å². The monoisotopic (exact) mass is 444 g/mol. The van der Waals surface area contributed by atoms with Crippen LogP contribution in [0.2, 0.25) is 0 Å². The number of ether oxygens (including phenoxy) is 2. The van der Waals surface area contributed by atoms with E-state index in [2.05, 4.69) is 20.6 Å². The molecule has 3 aromatic rings. The molecule has 0 amide bonds. The van der Waals surface area contributed by atoms with Gasteiger partial charge in [-0.1, -0.05) is 0 Å². The van der Waals surface area contributed by atoms with Crippen molar-refractivity contribution in [2.45, 2.75) is 37.6 Å². The number of fused-ring (bicyclic) bond motifs is 1. The first-order chi connectivity index (χ1) is 15.6. The quantitative estimate of drug-likeness (QED) is 0.517. The van der Waals surface area contributed by atoms with E-state index >= 15 is 0 Å². The number of pyridine rings is 1. The van der Waals surface area contributed by atoms with Gasteiger partial charge in [0.05, 0.1) is 12.8 Å². The summed E-state index contributed by atoms with van der Waals surface area (Å²) in [6.07, 6.45) is 5.44. The van der Waals surface area contributed by atoms with Crippen LogP contribution in [0.1, 0.15) is 37.3 Å². The summed E-state index contributed by atoms with van der Waals surface area (Å²) in [6.45, 7) is 2.52. The van der Waals surface area contributed by atoms with Gasteiger partial charge in [-0.2, -0.15) is 5.10 Å². The molecule has 1 aliphatic heterocycles. The molecule has 170 valence electrons. The van der Waals surface area contributed by atoms with Crippen LogP contribution in [0.4, 0.5) is 14.6 Å². The maximum atomic E-state index is 14.8. The van der Waals surface area contributed by atoms with Crippen LogP contribution < -0.4 is 15.4 Å². The third-order valence-electron chi connectivity index (χ3n) is 5.80. The van der Waals surface area contributed by atoms with Crippen molar-refractivity contribution in [3.8, 4) is 17.1 Å². The molecule has 5 rings (SSSR count). The lowest BCUT2D eigenvalue weighted by molar-refractivity contribution is 0.145. The van der Waals surface area contributed by atoms with Crippen molar-refractivity contribution in [3.63, 3.8) is 0 Å². The van der Waals surface area contributed by atoms with Gasteiger partial charge in [-0.15, -0.1) is 0 Å². The van der Waals surface area contributed by atoms with Crippen LogP contribution in [-0.4, -0.2) is 59.0 Å². The van der Waals surface area contributed by atoms with E-state index in [0.29, 0.717) is 42.8 Å². The summed E-state index contributed by atoms with van der Waals surface area (Å²) in [5.41, 5.74) is 1.69. The highest BCUT2D eigenvalue weighted by Gasteiger charge is 2.30. The number of nitrogens with zero attached hydrogens (tertiary/aromatic N) is 4. The molecule has 0 aromatic carbocycles. The van der Waals surface area contributed by atoms with Gasteiger partial charge >= 0.3 is 0 Å². The topological polar surface area (TPSA) is 85.6 Å². The van der Waals surface area contributed by atoms with E-state index in [-0.39, 0.29) is 17.6 Å². The fraction of sp³-hybridized carbons (Fsp3) is 0.500. The number of aromatic nitrogens is 4. The maximum Gasteiger partial charge on any atom is 0.168 e. The maximum absolute atomic E-state index is 14.8. The summed E-state index contributed by atoms with van der Waals surface area (Å²) in [5.74, 6) is -0.479. The third kappa shape index (κ3) is 4.24. The molecule has 0 spiro atoms. The Hall–Kier alpha value is -2.85. The average molecular weight is 444 g/mol. The predicted molar refractivity (Wildman–Crippen MR) is 115 cm³/mol. The average Bonchev–Trinajstić information content (AvgIpc) is 3.56. The van der Waals surface area contributed by atoms with Crippen LogP contribution in [0.3, 0.4) is 0 Å². The smallest absolute Gasteiger partial charge is 0.168 e. The molecule has 32 heavy (non-hydrogen) atoms. The molecule has 1 saturated heterocycles. The summed E-state index contributed by atoms with van der Waals surface area (Å²) in [4.78, 5) is 8.67. The van der Waals surface area contributed by atoms with E-state index in [1.165, 1.54) is 6.20 Å². The number of rotatable bonds is 8. The van der Waals surface area contributed by atoms with Crippen molar-refractivity contribution in [1.82, 2.24) is 24.9 Å². The van der Waals surface area contributed by atoms with Crippen LogP contribution in [0.5, 0.6) is 5.75 Å². The third-order valence-corrected chi connectivity index (χ3v) is 5.80. The summed E-state index contributed by atoms with van der Waals surface area (Å²) in [6, 6.07) is 2.70. The van der Waals surface area contributed by atoms with Gasteiger partial charge in [-0.25, -0.2) is 23.3 Å². The van der Waals surface area contributed by atoms with Crippen LogP contribution in [0.25, 0.3) is 17.0 Å². The van der Waals surface area contributed by atoms with Crippen molar-refractivity contribution >= 4 is 11.5 Å². The van der Waals surface area contributed by atoms with E-state index in [0.717, 1.165) is 44.0 Å². The zero-order valence-electron chi connectivity index (χ0n) is 17.9. The summed E-state index contributed by atoms with van der Waals surface area (Å²) >= 11 is 0. The summed E-state index contributed by atoms with van der Waals surface area (Å²) < 4.78 is 41.7. The molecule has 2 N–H and O–H groups in total. The molecule has 1 atom stereocenters. The molecular weight excluding hydrogens is 418 g/mol. The lowest BCUT2D eigenvalue weighted by Crippen LogP contribution is -2.38. The molecule has 1 saturated carbocycles. The Bertz CT molecular complexity index is 1110. The fourth-order valence-corrected chi connectivity index (χ4v) is 3.98. The fourth-order valence-electron chi connectivity index (χ4n) is 3.98. The van der Waals surface area contributed by atoms with E-state index in [1.54, 1.807) is 17.7 Å². The van der Waals surface area contributed by atoms with Gasteiger partial charge in [0.1, 0.15) is 29.4 Å². The molecule has 2 aliphatic rings. The van der Waals surface area contributed by atoms with Crippen LogP contribution >= 0.6 is 0 Å². The largest absolute Gasteiger partial charge is 0.489 e. The van der Waals surface area contributed by atoms with Gasteiger partial charge in [0.25, 0.3) is 0 Å². The molecule has 4 heterocycles. The lowest BCUT2D eigenvalue weighted by atomic mass is 10.1. The second kappa shape index (κ2) is 8.95. The van der Waals surface area contributed by atoms with Crippen molar-refractivity contribution in [2.24, 2.45) is 0 Å². The first kappa shape index (κ1) is 21.0. The molecule has 8 nitrogen and oxygen atoms in total. The Balaban J connectivity index is 1.51. The zero-order chi connectivity index (χ0) is 22.1. The second-order valence-corrected chi connectivity index (χ2v) is 8.26. The number of imidazole rings is 1. The van der Waals surface area contributed by atoms with Gasteiger partial charge in [0.15, 0.2) is 23.1 Å². The molecule has 2 fully saturated rings. The highest BCUT2D eigenvalue weighted by molar-refractivity contribution is 5.63. The number of halogens is 2. The Labute approximate surface area is 184 Å². The molecule has 3 aromatic heterocycles. The number of nitrogens with one attached hydrogen (secondary N) is 2. The molecule has 10 heteroatoms. The second-order valence-electron chi connectivity index (χ2n) is 8.26. The minimum absolute atomic E-state index is 0.00691. The number of hydrogen-bond acceptors (Lipinski definition) is 7. The van der Waals surface area contributed by atoms with Crippen molar-refractivity contribution < 1.29 is 18.3 Å². The molecule has 0 bridgehead atoms. The highest BCUT2D eigenvalue weighted by Crippen LogP contribution is 2.43. The van der Waals surface area contributed by atoms with Crippen LogP contribution in [0, 0.1) is 11.6 Å². The summed E-state index contributed by atoms with van der Waals surface area (Å²) in [7, 11) is 1.62. The number of piperidine rings is 1. The van der Waals surface area contributed by atoms with Gasteiger partial charge in [-0.05, 0) is 32.2 Å².